The van der Waals surface area contributed by atoms with Gasteiger partial charge in [-0.05, 0) is 36.3 Å². The molecule has 1 aromatic carbocycles. The lowest BCUT2D eigenvalue weighted by atomic mass is 9.90. The van der Waals surface area contributed by atoms with Gasteiger partial charge in [0.15, 0.2) is 0 Å². The Hall–Kier alpha value is -1.24. The quantitative estimate of drug-likeness (QED) is 0.610. The van der Waals surface area contributed by atoms with Crippen LogP contribution in [-0.2, 0) is 0 Å². The van der Waals surface area contributed by atoms with Crippen LogP contribution in [0.5, 0.6) is 0 Å². The number of aromatic amines is 1. The van der Waals surface area contributed by atoms with E-state index in [9.17, 15) is 0 Å². The van der Waals surface area contributed by atoms with Crippen LogP contribution in [0.3, 0.4) is 0 Å². The molecule has 0 amide bonds. The summed E-state index contributed by atoms with van der Waals surface area (Å²) in [7, 11) is 0. The summed E-state index contributed by atoms with van der Waals surface area (Å²) in [5.74, 6) is 0.747. The minimum Gasteiger partial charge on any atom is -0.358 e. The highest BCUT2D eigenvalue weighted by Crippen LogP contribution is 2.31. The van der Waals surface area contributed by atoms with Crippen LogP contribution in [0.25, 0.3) is 10.9 Å². The maximum Gasteiger partial charge on any atom is 0.0456 e. The molecule has 1 fully saturated rings. The molecular weight excluding hydrogens is 254 g/mol. The fourth-order valence-corrected chi connectivity index (χ4v) is 3.79. The van der Waals surface area contributed by atoms with Crippen molar-refractivity contribution in [1.29, 1.82) is 0 Å². The molecule has 21 heavy (non-hydrogen) atoms. The minimum absolute atomic E-state index is 0.747. The number of rotatable bonds is 1. The second kappa shape index (κ2) is 7.68. The van der Waals surface area contributed by atoms with Crippen LogP contribution in [-0.4, -0.2) is 4.98 Å². The molecule has 2 aromatic rings. The molecule has 0 bridgehead atoms. The summed E-state index contributed by atoms with van der Waals surface area (Å²) in [6, 6.07) is 11.1. The second-order valence-corrected chi connectivity index (χ2v) is 6.77. The zero-order valence-electron chi connectivity index (χ0n) is 13.2. The Morgan fingerprint density at radius 1 is 0.714 bits per heavy atom. The standard InChI is InChI=1S/C20H29N/c1-2-4-6-8-12-17(13-9-7-5-3-1)20-16-18-14-10-11-15-19(18)21-20/h10-11,14-17,21H,1-9,12-13H2. The number of hydrogen-bond acceptors (Lipinski definition) is 0. The summed E-state index contributed by atoms with van der Waals surface area (Å²) in [4.78, 5) is 3.68. The lowest BCUT2D eigenvalue weighted by Gasteiger charge is -2.16. The predicted molar refractivity (Wildman–Crippen MR) is 91.8 cm³/mol. The van der Waals surface area contributed by atoms with E-state index in [2.05, 4.69) is 35.3 Å². The smallest absolute Gasteiger partial charge is 0.0456 e. The molecule has 0 spiro atoms. The molecule has 0 radical (unpaired) electrons. The average molecular weight is 283 g/mol. The van der Waals surface area contributed by atoms with E-state index in [1.54, 1.807) is 0 Å². The number of nitrogens with one attached hydrogen (secondary N) is 1. The first kappa shape index (κ1) is 14.7. The first-order valence-electron chi connectivity index (χ1n) is 9.01. The number of aromatic nitrogens is 1. The van der Waals surface area contributed by atoms with Crippen LogP contribution in [0.4, 0.5) is 0 Å². The monoisotopic (exact) mass is 283 g/mol. The normalized spacial score (nSPS) is 20.0. The molecule has 0 aliphatic heterocycles. The number of para-hydroxylation sites is 1. The molecule has 0 saturated heterocycles. The van der Waals surface area contributed by atoms with E-state index in [0.29, 0.717) is 0 Å². The molecule has 1 saturated carbocycles. The van der Waals surface area contributed by atoms with Crippen LogP contribution in [0, 0.1) is 0 Å². The van der Waals surface area contributed by atoms with Gasteiger partial charge in [0.1, 0.15) is 0 Å². The van der Waals surface area contributed by atoms with Gasteiger partial charge in [-0.2, -0.15) is 0 Å². The lowest BCUT2D eigenvalue weighted by molar-refractivity contribution is 0.463. The number of H-pyrrole nitrogens is 1. The van der Waals surface area contributed by atoms with Crippen molar-refractivity contribution >= 4 is 10.9 Å². The Morgan fingerprint density at radius 3 is 1.90 bits per heavy atom. The van der Waals surface area contributed by atoms with Gasteiger partial charge in [0.05, 0.1) is 0 Å². The van der Waals surface area contributed by atoms with E-state index in [-0.39, 0.29) is 0 Å². The minimum atomic E-state index is 0.747. The maximum atomic E-state index is 3.68. The average Bonchev–Trinajstić information content (AvgIpc) is 2.91. The highest BCUT2D eigenvalue weighted by Gasteiger charge is 2.14. The van der Waals surface area contributed by atoms with Gasteiger partial charge in [-0.25, -0.2) is 0 Å². The van der Waals surface area contributed by atoms with Crippen molar-refractivity contribution in [2.45, 2.75) is 76.5 Å². The van der Waals surface area contributed by atoms with Crippen molar-refractivity contribution in [3.05, 3.63) is 36.0 Å². The Labute approximate surface area is 129 Å². The van der Waals surface area contributed by atoms with Gasteiger partial charge >= 0.3 is 0 Å². The highest BCUT2D eigenvalue weighted by molar-refractivity contribution is 5.80. The molecule has 1 nitrogen and oxygen atoms in total. The molecule has 3 rings (SSSR count). The zero-order chi connectivity index (χ0) is 14.3. The maximum absolute atomic E-state index is 3.68. The Bertz CT molecular complexity index is 495. The van der Waals surface area contributed by atoms with Crippen LogP contribution in [0.2, 0.25) is 0 Å². The van der Waals surface area contributed by atoms with Crippen LogP contribution < -0.4 is 0 Å². The fourth-order valence-electron chi connectivity index (χ4n) is 3.79. The molecule has 1 heteroatoms. The third-order valence-corrected chi connectivity index (χ3v) is 5.10. The molecule has 114 valence electrons. The van der Waals surface area contributed by atoms with Gasteiger partial charge in [-0.1, -0.05) is 76.0 Å². The van der Waals surface area contributed by atoms with Crippen molar-refractivity contribution < 1.29 is 0 Å². The van der Waals surface area contributed by atoms with Crippen molar-refractivity contribution in [2.75, 3.05) is 0 Å². The lowest BCUT2D eigenvalue weighted by Crippen LogP contribution is -2.01. The molecule has 0 atom stereocenters. The van der Waals surface area contributed by atoms with Gasteiger partial charge in [0, 0.05) is 11.2 Å². The summed E-state index contributed by atoms with van der Waals surface area (Å²) in [6.45, 7) is 0. The van der Waals surface area contributed by atoms with Crippen molar-refractivity contribution in [3.8, 4) is 0 Å². The van der Waals surface area contributed by atoms with Gasteiger partial charge < -0.3 is 4.98 Å². The fraction of sp³-hybridized carbons (Fsp3) is 0.600. The SMILES string of the molecule is c1ccc2[nH]c(C3CCCCCCCCCCC3)cc2c1. The second-order valence-electron chi connectivity index (χ2n) is 6.77. The first-order chi connectivity index (χ1) is 10.4. The highest BCUT2D eigenvalue weighted by atomic mass is 14.7. The van der Waals surface area contributed by atoms with Crippen molar-refractivity contribution in [3.63, 3.8) is 0 Å². The molecule has 1 aliphatic rings. The Balaban J connectivity index is 1.69. The molecule has 1 aliphatic carbocycles. The molecular formula is C20H29N. The van der Waals surface area contributed by atoms with E-state index in [0.717, 1.165) is 5.92 Å². The first-order valence-corrected chi connectivity index (χ1v) is 9.01. The topological polar surface area (TPSA) is 15.8 Å². The van der Waals surface area contributed by atoms with E-state index >= 15 is 0 Å². The van der Waals surface area contributed by atoms with Gasteiger partial charge in [-0.15, -0.1) is 0 Å². The summed E-state index contributed by atoms with van der Waals surface area (Å²) in [6.07, 6.45) is 15.7. The number of fused-ring (bicyclic) bond motifs is 1. The summed E-state index contributed by atoms with van der Waals surface area (Å²) in [5.41, 5.74) is 2.78. The molecule has 1 N–H and O–H groups in total. The zero-order valence-corrected chi connectivity index (χ0v) is 13.2. The van der Waals surface area contributed by atoms with Crippen LogP contribution >= 0.6 is 0 Å². The van der Waals surface area contributed by atoms with Crippen molar-refractivity contribution in [2.24, 2.45) is 0 Å². The van der Waals surface area contributed by atoms with E-state index in [1.165, 1.54) is 87.2 Å². The summed E-state index contributed by atoms with van der Waals surface area (Å²) in [5, 5.41) is 1.37. The van der Waals surface area contributed by atoms with Crippen LogP contribution in [0.1, 0.15) is 82.2 Å². The third kappa shape index (κ3) is 4.12. The largest absolute Gasteiger partial charge is 0.358 e. The number of benzene rings is 1. The van der Waals surface area contributed by atoms with E-state index in [4.69, 9.17) is 0 Å². The molecule has 0 unspecified atom stereocenters. The van der Waals surface area contributed by atoms with Gasteiger partial charge in [-0.3, -0.25) is 0 Å². The van der Waals surface area contributed by atoms with Gasteiger partial charge in [0.2, 0.25) is 0 Å². The summed E-state index contributed by atoms with van der Waals surface area (Å²) >= 11 is 0. The van der Waals surface area contributed by atoms with E-state index in [1.807, 2.05) is 0 Å². The summed E-state index contributed by atoms with van der Waals surface area (Å²) < 4.78 is 0. The van der Waals surface area contributed by atoms with E-state index < -0.39 is 0 Å². The molecule has 1 heterocycles. The third-order valence-electron chi connectivity index (χ3n) is 5.10. The Kier molecular flexibility index (Phi) is 5.37. The predicted octanol–water partition coefficient (Wildman–Crippen LogP) is 6.56. The van der Waals surface area contributed by atoms with Gasteiger partial charge in [0.25, 0.3) is 0 Å². The number of hydrogen-bond donors (Lipinski definition) is 1. The van der Waals surface area contributed by atoms with Crippen molar-refractivity contribution in [1.82, 2.24) is 4.98 Å². The molecule has 1 aromatic heterocycles. The van der Waals surface area contributed by atoms with Crippen LogP contribution in [0.15, 0.2) is 30.3 Å². The Morgan fingerprint density at radius 2 is 1.29 bits per heavy atom.